The molecule has 0 unspecified atom stereocenters. The van der Waals surface area contributed by atoms with E-state index >= 15 is 0 Å². The van der Waals surface area contributed by atoms with E-state index in [0.717, 1.165) is 53.6 Å². The highest BCUT2D eigenvalue weighted by Gasteiger charge is 2.38. The lowest BCUT2D eigenvalue weighted by atomic mass is 9.92. The van der Waals surface area contributed by atoms with Crippen LogP contribution in [0.3, 0.4) is 0 Å². The number of aromatic amines is 1. The van der Waals surface area contributed by atoms with Gasteiger partial charge in [-0.25, -0.2) is 4.98 Å². The van der Waals surface area contributed by atoms with Crippen molar-refractivity contribution in [1.82, 2.24) is 9.97 Å². The largest absolute Gasteiger partial charge is 0.367 e. The molecule has 0 atom stereocenters. The monoisotopic (exact) mass is 402 g/mol. The number of rotatable bonds is 4. The van der Waals surface area contributed by atoms with Gasteiger partial charge >= 0.3 is 0 Å². The first kappa shape index (κ1) is 15.5. The van der Waals surface area contributed by atoms with Gasteiger partial charge in [0.15, 0.2) is 0 Å². The summed E-state index contributed by atoms with van der Waals surface area (Å²) in [6.45, 7) is 2.69. The first-order valence-corrected chi connectivity index (χ1v) is 9.18. The van der Waals surface area contributed by atoms with Crippen LogP contribution < -0.4 is 5.56 Å². The zero-order valence-electron chi connectivity index (χ0n) is 12.6. The molecule has 1 heterocycles. The van der Waals surface area contributed by atoms with Crippen molar-refractivity contribution in [2.45, 2.75) is 69.8 Å². The zero-order valence-corrected chi connectivity index (χ0v) is 14.7. The second-order valence-corrected chi connectivity index (χ2v) is 7.31. The van der Waals surface area contributed by atoms with Crippen LogP contribution in [-0.2, 0) is 10.3 Å². The normalized spacial score (nSPS) is 22.0. The predicted molar refractivity (Wildman–Crippen MR) is 90.6 cm³/mol. The number of hydrogen-bond donors (Lipinski definition) is 1. The fraction of sp³-hybridized carbons (Fsp3) is 0.750. The smallest absolute Gasteiger partial charge is 0.264 e. The quantitative estimate of drug-likeness (QED) is 0.615. The Labute approximate surface area is 139 Å². The maximum atomic E-state index is 12.3. The van der Waals surface area contributed by atoms with Crippen molar-refractivity contribution in [3.05, 3.63) is 25.4 Å². The van der Waals surface area contributed by atoms with Crippen LogP contribution in [0.25, 0.3) is 0 Å². The van der Waals surface area contributed by atoms with Crippen molar-refractivity contribution in [1.29, 1.82) is 0 Å². The summed E-state index contributed by atoms with van der Waals surface area (Å²) in [5.74, 6) is 1.26. The zero-order chi connectivity index (χ0) is 14.9. The van der Waals surface area contributed by atoms with Crippen LogP contribution in [0.1, 0.15) is 75.7 Å². The second-order valence-electron chi connectivity index (χ2n) is 6.23. The maximum Gasteiger partial charge on any atom is 0.264 e. The molecule has 2 fully saturated rings. The van der Waals surface area contributed by atoms with Crippen LogP contribution in [-0.4, -0.2) is 16.6 Å². The van der Waals surface area contributed by atoms with Gasteiger partial charge in [0.2, 0.25) is 0 Å². The van der Waals surface area contributed by atoms with Crippen molar-refractivity contribution in [2.24, 2.45) is 0 Å². The molecule has 2 aliphatic rings. The van der Waals surface area contributed by atoms with E-state index in [1.54, 1.807) is 0 Å². The Morgan fingerprint density at radius 2 is 1.95 bits per heavy atom. The van der Waals surface area contributed by atoms with E-state index in [-0.39, 0.29) is 11.2 Å². The molecule has 0 amide bonds. The fourth-order valence-electron chi connectivity index (χ4n) is 3.34. The summed E-state index contributed by atoms with van der Waals surface area (Å²) in [5, 5.41) is 0. The third-order valence-corrected chi connectivity index (χ3v) is 5.66. The average molecular weight is 402 g/mol. The summed E-state index contributed by atoms with van der Waals surface area (Å²) < 4.78 is 6.91. The summed E-state index contributed by atoms with van der Waals surface area (Å²) >= 11 is 2.13. The number of hydrogen-bond acceptors (Lipinski definition) is 3. The first-order chi connectivity index (χ1) is 10.2. The van der Waals surface area contributed by atoms with Gasteiger partial charge in [0.25, 0.3) is 5.56 Å². The second kappa shape index (κ2) is 6.36. The number of nitrogens with zero attached hydrogens (tertiary/aromatic N) is 1. The first-order valence-electron chi connectivity index (χ1n) is 8.10. The minimum Gasteiger partial charge on any atom is -0.367 e. The third-order valence-electron chi connectivity index (χ3n) is 4.62. The lowest BCUT2D eigenvalue weighted by molar-refractivity contribution is -0.0627. The Kier molecular flexibility index (Phi) is 4.69. The highest BCUT2D eigenvalue weighted by atomic mass is 127. The molecule has 3 rings (SSSR count). The minimum atomic E-state index is -0.377. The predicted octanol–water partition coefficient (Wildman–Crippen LogP) is 3.84. The van der Waals surface area contributed by atoms with Gasteiger partial charge < -0.3 is 9.72 Å². The fourth-order valence-corrected chi connectivity index (χ4v) is 4.04. The highest BCUT2D eigenvalue weighted by molar-refractivity contribution is 14.1. The molecule has 2 saturated carbocycles. The van der Waals surface area contributed by atoms with Gasteiger partial charge in [0, 0.05) is 12.5 Å². The number of nitrogens with one attached hydrogen (secondary N) is 1. The molecule has 5 heteroatoms. The molecule has 0 aromatic carbocycles. The van der Waals surface area contributed by atoms with E-state index in [1.165, 1.54) is 12.8 Å². The molecule has 21 heavy (non-hydrogen) atoms. The molecule has 2 aliphatic carbocycles. The van der Waals surface area contributed by atoms with Gasteiger partial charge in [-0.15, -0.1) is 0 Å². The van der Waals surface area contributed by atoms with Crippen LogP contribution >= 0.6 is 22.6 Å². The summed E-state index contributed by atoms with van der Waals surface area (Å²) in [6, 6.07) is 0. The van der Waals surface area contributed by atoms with E-state index in [4.69, 9.17) is 9.72 Å². The molecule has 0 bridgehead atoms. The van der Waals surface area contributed by atoms with Crippen LogP contribution in [0, 0.1) is 3.57 Å². The van der Waals surface area contributed by atoms with Gasteiger partial charge in [-0.3, -0.25) is 4.79 Å². The Morgan fingerprint density at radius 3 is 2.52 bits per heavy atom. The Balaban J connectivity index is 2.04. The van der Waals surface area contributed by atoms with Crippen LogP contribution in [0.2, 0.25) is 0 Å². The van der Waals surface area contributed by atoms with Crippen LogP contribution in [0.5, 0.6) is 0 Å². The molecule has 116 valence electrons. The molecular formula is C16H23IN2O2. The van der Waals surface area contributed by atoms with E-state index in [0.29, 0.717) is 12.5 Å². The Bertz CT molecular complexity index is 558. The summed E-state index contributed by atoms with van der Waals surface area (Å²) in [7, 11) is 0. The van der Waals surface area contributed by atoms with Gasteiger partial charge in [-0.2, -0.15) is 0 Å². The molecule has 0 aliphatic heterocycles. The van der Waals surface area contributed by atoms with E-state index in [1.807, 2.05) is 6.92 Å². The van der Waals surface area contributed by atoms with Crippen LogP contribution in [0.4, 0.5) is 0 Å². The number of halogens is 1. The summed E-state index contributed by atoms with van der Waals surface area (Å²) in [5.41, 5.74) is 0.627. The van der Waals surface area contributed by atoms with Gasteiger partial charge in [-0.05, 0) is 55.2 Å². The summed E-state index contributed by atoms with van der Waals surface area (Å²) in [4.78, 5) is 20.2. The van der Waals surface area contributed by atoms with Crippen molar-refractivity contribution in [3.8, 4) is 0 Å². The van der Waals surface area contributed by atoms with Crippen molar-refractivity contribution in [2.75, 3.05) is 6.61 Å². The van der Waals surface area contributed by atoms with E-state index in [9.17, 15) is 4.79 Å². The molecular weight excluding hydrogens is 379 g/mol. The standard InChI is InChI=1S/C16H23IN2O2/c1-2-21-16(9-5-3-4-6-10-16)15-18-13(11-7-8-11)12(17)14(20)19-15/h11H,2-10H2,1H3,(H,18,19,20). The summed E-state index contributed by atoms with van der Waals surface area (Å²) in [6.07, 6.45) is 9.05. The molecule has 1 aromatic heterocycles. The average Bonchev–Trinajstić information content (AvgIpc) is 3.29. The topological polar surface area (TPSA) is 55.0 Å². The Morgan fingerprint density at radius 1 is 1.29 bits per heavy atom. The lowest BCUT2D eigenvalue weighted by Gasteiger charge is -2.32. The number of ether oxygens (including phenoxy) is 1. The molecule has 0 spiro atoms. The Hall–Kier alpha value is -0.430. The maximum absolute atomic E-state index is 12.3. The van der Waals surface area contributed by atoms with E-state index < -0.39 is 0 Å². The lowest BCUT2D eigenvalue weighted by Crippen LogP contribution is -2.35. The molecule has 0 radical (unpaired) electrons. The SMILES string of the molecule is CCOC1(c2nc(C3CC3)c(I)c(=O)[nH]2)CCCCCC1. The minimum absolute atomic E-state index is 0.00539. The number of H-pyrrole nitrogens is 1. The number of aromatic nitrogens is 2. The van der Waals surface area contributed by atoms with Crippen molar-refractivity contribution < 1.29 is 4.74 Å². The van der Waals surface area contributed by atoms with Gasteiger partial charge in [0.1, 0.15) is 11.4 Å². The van der Waals surface area contributed by atoms with Crippen molar-refractivity contribution >= 4 is 22.6 Å². The molecule has 1 aromatic rings. The van der Waals surface area contributed by atoms with Crippen molar-refractivity contribution in [3.63, 3.8) is 0 Å². The van der Waals surface area contributed by atoms with Gasteiger partial charge in [0.05, 0.1) is 9.26 Å². The van der Waals surface area contributed by atoms with E-state index in [2.05, 4.69) is 27.6 Å². The molecule has 0 saturated heterocycles. The van der Waals surface area contributed by atoms with Crippen LogP contribution in [0.15, 0.2) is 4.79 Å². The van der Waals surface area contributed by atoms with Gasteiger partial charge in [-0.1, -0.05) is 25.7 Å². The highest BCUT2D eigenvalue weighted by Crippen LogP contribution is 2.42. The molecule has 4 nitrogen and oxygen atoms in total. The molecule has 1 N–H and O–H groups in total. The third kappa shape index (κ3) is 3.18.